The zero-order valence-corrected chi connectivity index (χ0v) is 12.9. The fourth-order valence-corrected chi connectivity index (χ4v) is 3.74. The zero-order chi connectivity index (χ0) is 14.9. The van der Waals surface area contributed by atoms with Crippen molar-refractivity contribution in [2.24, 2.45) is 0 Å². The molecule has 0 aliphatic rings. The lowest BCUT2D eigenvalue weighted by Crippen LogP contribution is -2.13. The van der Waals surface area contributed by atoms with Crippen LogP contribution in [0.5, 0.6) is 5.75 Å². The number of benzene rings is 2. The van der Waals surface area contributed by atoms with Crippen LogP contribution in [0.4, 0.5) is 0 Å². The fraction of sp³-hybridized carbons (Fsp3) is 0.250. The Kier molecular flexibility index (Phi) is 3.86. The third kappa shape index (κ3) is 3.02. The highest BCUT2D eigenvalue weighted by Gasteiger charge is 2.22. The van der Waals surface area contributed by atoms with Crippen molar-refractivity contribution in [2.75, 3.05) is 0 Å². The van der Waals surface area contributed by atoms with Gasteiger partial charge < -0.3 is 4.18 Å². The number of aryl methyl sites for hydroxylation is 4. The summed E-state index contributed by atoms with van der Waals surface area (Å²) in [6.45, 7) is 7.40. The van der Waals surface area contributed by atoms with Crippen molar-refractivity contribution < 1.29 is 12.6 Å². The molecule has 0 bridgehead atoms. The van der Waals surface area contributed by atoms with Crippen LogP contribution in [-0.2, 0) is 10.1 Å². The van der Waals surface area contributed by atoms with Crippen molar-refractivity contribution in [1.82, 2.24) is 0 Å². The molecule has 0 radical (unpaired) electrons. The molecule has 0 saturated heterocycles. The Labute approximate surface area is 120 Å². The standard InChI is InChI=1S/C16H18O3S/c1-11-6-5-7-15(10-11)19-20(17,18)16-13(3)8-12(2)9-14(16)4/h5-10H,1-4H3. The van der Waals surface area contributed by atoms with Crippen molar-refractivity contribution in [2.45, 2.75) is 32.6 Å². The first-order chi connectivity index (χ1) is 9.29. The molecule has 0 unspecified atom stereocenters. The first-order valence-corrected chi connectivity index (χ1v) is 7.79. The molecule has 0 aromatic heterocycles. The summed E-state index contributed by atoms with van der Waals surface area (Å²) in [5.74, 6) is 0.337. The van der Waals surface area contributed by atoms with Gasteiger partial charge in [0.05, 0.1) is 0 Å². The third-order valence-electron chi connectivity index (χ3n) is 3.05. The van der Waals surface area contributed by atoms with Gasteiger partial charge in [-0.25, -0.2) is 0 Å². The summed E-state index contributed by atoms with van der Waals surface area (Å²) in [7, 11) is -3.81. The molecule has 106 valence electrons. The molecule has 2 aromatic rings. The number of hydrogen-bond donors (Lipinski definition) is 0. The summed E-state index contributed by atoms with van der Waals surface area (Å²) < 4.78 is 30.1. The highest BCUT2D eigenvalue weighted by Crippen LogP contribution is 2.25. The van der Waals surface area contributed by atoms with E-state index in [9.17, 15) is 8.42 Å². The van der Waals surface area contributed by atoms with Gasteiger partial charge in [0.15, 0.2) is 0 Å². The Bertz CT molecular complexity index is 723. The summed E-state index contributed by atoms with van der Waals surface area (Å²) >= 11 is 0. The first kappa shape index (κ1) is 14.6. The van der Waals surface area contributed by atoms with Gasteiger partial charge in [0.2, 0.25) is 0 Å². The van der Waals surface area contributed by atoms with Crippen molar-refractivity contribution in [3.63, 3.8) is 0 Å². The minimum absolute atomic E-state index is 0.254. The van der Waals surface area contributed by atoms with E-state index in [1.807, 2.05) is 32.0 Å². The smallest absolute Gasteiger partial charge is 0.339 e. The first-order valence-electron chi connectivity index (χ1n) is 6.38. The molecule has 20 heavy (non-hydrogen) atoms. The second-order valence-corrected chi connectivity index (χ2v) is 6.56. The van der Waals surface area contributed by atoms with Crippen LogP contribution in [0.15, 0.2) is 41.3 Å². The maximum atomic E-state index is 12.4. The van der Waals surface area contributed by atoms with Gasteiger partial charge in [-0.2, -0.15) is 8.42 Å². The second-order valence-electron chi connectivity index (χ2n) is 5.08. The molecule has 0 aliphatic heterocycles. The van der Waals surface area contributed by atoms with Gasteiger partial charge in [0.25, 0.3) is 0 Å². The molecular weight excluding hydrogens is 272 g/mol. The van der Waals surface area contributed by atoms with Crippen LogP contribution < -0.4 is 4.18 Å². The predicted molar refractivity (Wildman–Crippen MR) is 79.6 cm³/mol. The largest absolute Gasteiger partial charge is 0.379 e. The lowest BCUT2D eigenvalue weighted by Gasteiger charge is -2.13. The summed E-state index contributed by atoms with van der Waals surface area (Å²) in [5.41, 5.74) is 3.40. The summed E-state index contributed by atoms with van der Waals surface area (Å²) in [6, 6.07) is 10.7. The summed E-state index contributed by atoms with van der Waals surface area (Å²) in [5, 5.41) is 0. The van der Waals surface area contributed by atoms with E-state index in [0.29, 0.717) is 16.9 Å². The molecule has 3 nitrogen and oxygen atoms in total. The van der Waals surface area contributed by atoms with Crippen molar-refractivity contribution >= 4 is 10.1 Å². The maximum absolute atomic E-state index is 12.4. The van der Waals surface area contributed by atoms with Crippen LogP contribution >= 0.6 is 0 Å². The summed E-state index contributed by atoms with van der Waals surface area (Å²) in [4.78, 5) is 0.254. The number of rotatable bonds is 3. The minimum atomic E-state index is -3.81. The molecule has 0 N–H and O–H groups in total. The molecule has 2 aromatic carbocycles. The predicted octanol–water partition coefficient (Wildman–Crippen LogP) is 3.69. The van der Waals surface area contributed by atoms with E-state index in [1.54, 1.807) is 32.0 Å². The quantitative estimate of drug-likeness (QED) is 0.810. The Morgan fingerprint density at radius 1 is 0.850 bits per heavy atom. The maximum Gasteiger partial charge on any atom is 0.339 e. The second kappa shape index (κ2) is 5.29. The molecule has 0 saturated carbocycles. The van der Waals surface area contributed by atoms with E-state index < -0.39 is 10.1 Å². The van der Waals surface area contributed by atoms with Crippen LogP contribution in [0.3, 0.4) is 0 Å². The van der Waals surface area contributed by atoms with Crippen molar-refractivity contribution in [3.8, 4) is 5.75 Å². The average molecular weight is 290 g/mol. The van der Waals surface area contributed by atoms with E-state index in [1.165, 1.54) is 0 Å². The molecule has 2 rings (SSSR count). The van der Waals surface area contributed by atoms with Crippen LogP contribution in [0.1, 0.15) is 22.3 Å². The van der Waals surface area contributed by atoms with Gasteiger partial charge in [-0.15, -0.1) is 0 Å². The SMILES string of the molecule is Cc1cccc(OS(=O)(=O)c2c(C)cc(C)cc2C)c1. The average Bonchev–Trinajstić information content (AvgIpc) is 2.25. The Morgan fingerprint density at radius 3 is 2.00 bits per heavy atom. The van der Waals surface area contributed by atoms with E-state index in [4.69, 9.17) is 4.18 Å². The Morgan fingerprint density at radius 2 is 1.45 bits per heavy atom. The van der Waals surface area contributed by atoms with Crippen molar-refractivity contribution in [1.29, 1.82) is 0 Å². The monoisotopic (exact) mass is 290 g/mol. The van der Waals surface area contributed by atoms with Gasteiger partial charge in [-0.05, 0) is 56.5 Å². The van der Waals surface area contributed by atoms with Gasteiger partial charge in [0.1, 0.15) is 10.6 Å². The van der Waals surface area contributed by atoms with E-state index in [2.05, 4.69) is 0 Å². The van der Waals surface area contributed by atoms with Crippen LogP contribution in [0.25, 0.3) is 0 Å². The van der Waals surface area contributed by atoms with E-state index in [-0.39, 0.29) is 4.90 Å². The highest BCUT2D eigenvalue weighted by molar-refractivity contribution is 7.87. The lowest BCUT2D eigenvalue weighted by molar-refractivity contribution is 0.484. The molecular formula is C16H18O3S. The van der Waals surface area contributed by atoms with Gasteiger partial charge in [0, 0.05) is 0 Å². The molecule has 0 fully saturated rings. The van der Waals surface area contributed by atoms with Crippen LogP contribution in [0, 0.1) is 27.7 Å². The summed E-state index contributed by atoms with van der Waals surface area (Å²) in [6.07, 6.45) is 0. The zero-order valence-electron chi connectivity index (χ0n) is 12.1. The van der Waals surface area contributed by atoms with Gasteiger partial charge in [-0.1, -0.05) is 29.8 Å². The third-order valence-corrected chi connectivity index (χ3v) is 4.61. The van der Waals surface area contributed by atoms with E-state index >= 15 is 0 Å². The van der Waals surface area contributed by atoms with Crippen molar-refractivity contribution in [3.05, 3.63) is 58.7 Å². The van der Waals surface area contributed by atoms with E-state index in [0.717, 1.165) is 11.1 Å². The fourth-order valence-electron chi connectivity index (χ4n) is 2.40. The number of hydrogen-bond acceptors (Lipinski definition) is 3. The molecule has 0 atom stereocenters. The van der Waals surface area contributed by atoms with Gasteiger partial charge >= 0.3 is 10.1 Å². The molecule has 4 heteroatoms. The Hall–Kier alpha value is -1.81. The molecule has 0 heterocycles. The molecule has 0 spiro atoms. The normalized spacial score (nSPS) is 11.4. The molecule has 0 aliphatic carbocycles. The molecule has 0 amide bonds. The Balaban J connectivity index is 2.46. The van der Waals surface area contributed by atoms with Gasteiger partial charge in [-0.3, -0.25) is 0 Å². The highest BCUT2D eigenvalue weighted by atomic mass is 32.2. The minimum Gasteiger partial charge on any atom is -0.379 e. The van der Waals surface area contributed by atoms with Crippen LogP contribution in [0.2, 0.25) is 0 Å². The lowest BCUT2D eigenvalue weighted by atomic mass is 10.1. The van der Waals surface area contributed by atoms with Crippen LogP contribution in [-0.4, -0.2) is 8.42 Å². The topological polar surface area (TPSA) is 43.4 Å².